The van der Waals surface area contributed by atoms with Gasteiger partial charge in [0.05, 0.1) is 0 Å². The Morgan fingerprint density at radius 2 is 2.14 bits per heavy atom. The van der Waals surface area contributed by atoms with Gasteiger partial charge in [0.25, 0.3) is 0 Å². The third kappa shape index (κ3) is 3.76. The van der Waals surface area contributed by atoms with E-state index in [4.69, 9.17) is 4.74 Å². The highest BCUT2D eigenvalue weighted by Crippen LogP contribution is 1.97. The average Bonchev–Trinajstić information content (AvgIpc) is 1.68. The van der Waals surface area contributed by atoms with Crippen LogP contribution in [0.2, 0.25) is 0 Å². The van der Waals surface area contributed by atoms with E-state index in [1.165, 1.54) is 0 Å². The summed E-state index contributed by atoms with van der Waals surface area (Å²) in [6, 6.07) is 0. The second kappa shape index (κ2) is 4.09. The molecule has 0 aliphatic carbocycles. The van der Waals surface area contributed by atoms with Crippen molar-refractivity contribution in [2.45, 2.75) is 13.8 Å². The van der Waals surface area contributed by atoms with Gasteiger partial charge in [-0.25, -0.2) is 0 Å². The molecule has 0 aromatic rings. The average molecular weight is 103 g/mol. The van der Waals surface area contributed by atoms with E-state index >= 15 is 0 Å². The zero-order chi connectivity index (χ0) is 5.70. The number of hydrogen-bond acceptors (Lipinski definition) is 2. The molecule has 0 amide bonds. The molecule has 0 aliphatic rings. The van der Waals surface area contributed by atoms with Crippen LogP contribution in [-0.2, 0) is 9.47 Å². The summed E-state index contributed by atoms with van der Waals surface area (Å²) in [4.78, 5) is 0. The second-order valence-electron chi connectivity index (χ2n) is 1.13. The molecule has 0 aliphatic heterocycles. The van der Waals surface area contributed by atoms with E-state index in [0.29, 0.717) is 12.9 Å². The SMILES string of the molecule is CCO[C](C)OC. The van der Waals surface area contributed by atoms with Gasteiger partial charge in [0, 0.05) is 13.7 Å². The minimum Gasteiger partial charge on any atom is -0.349 e. The maximum Gasteiger partial charge on any atom is 0.220 e. The van der Waals surface area contributed by atoms with Crippen LogP contribution >= 0.6 is 0 Å². The Morgan fingerprint density at radius 1 is 1.57 bits per heavy atom. The molecule has 0 saturated carbocycles. The van der Waals surface area contributed by atoms with Crippen molar-refractivity contribution in [2.24, 2.45) is 0 Å². The van der Waals surface area contributed by atoms with E-state index in [2.05, 4.69) is 4.74 Å². The molecule has 2 nitrogen and oxygen atoms in total. The zero-order valence-corrected chi connectivity index (χ0v) is 5.02. The Hall–Kier alpha value is -0.0800. The second-order valence-corrected chi connectivity index (χ2v) is 1.13. The van der Waals surface area contributed by atoms with Crippen molar-refractivity contribution in [3.63, 3.8) is 0 Å². The number of rotatable bonds is 3. The molecule has 0 unspecified atom stereocenters. The normalized spacial score (nSPS) is 10.3. The molecule has 0 N–H and O–H groups in total. The summed E-state index contributed by atoms with van der Waals surface area (Å²) in [7, 11) is 1.59. The lowest BCUT2D eigenvalue weighted by molar-refractivity contribution is -0.00844. The molecule has 0 aromatic carbocycles. The third-order valence-corrected chi connectivity index (χ3v) is 0.635. The van der Waals surface area contributed by atoms with E-state index < -0.39 is 0 Å². The summed E-state index contributed by atoms with van der Waals surface area (Å²) in [5, 5.41) is 0. The van der Waals surface area contributed by atoms with Crippen molar-refractivity contribution >= 4 is 0 Å². The first kappa shape index (κ1) is 6.92. The molecule has 0 aromatic heterocycles. The molecule has 2 heteroatoms. The molecule has 0 atom stereocenters. The quantitative estimate of drug-likeness (QED) is 0.534. The van der Waals surface area contributed by atoms with Crippen LogP contribution in [0.1, 0.15) is 13.8 Å². The molecule has 0 rings (SSSR count). The van der Waals surface area contributed by atoms with E-state index in [9.17, 15) is 0 Å². The fourth-order valence-electron chi connectivity index (χ4n) is 0.262. The van der Waals surface area contributed by atoms with E-state index in [0.717, 1.165) is 0 Å². The van der Waals surface area contributed by atoms with E-state index in [1.54, 1.807) is 14.0 Å². The van der Waals surface area contributed by atoms with Crippen LogP contribution in [0, 0.1) is 6.29 Å². The monoisotopic (exact) mass is 103 g/mol. The van der Waals surface area contributed by atoms with Crippen LogP contribution in [-0.4, -0.2) is 13.7 Å². The lowest BCUT2D eigenvalue weighted by atomic mass is 10.7. The fraction of sp³-hybridized carbons (Fsp3) is 0.800. The number of methoxy groups -OCH3 is 1. The standard InChI is InChI=1S/C5H11O2/c1-4-7-5(2)6-3/h4H2,1-3H3. The van der Waals surface area contributed by atoms with Gasteiger partial charge in [-0.05, 0) is 13.8 Å². The minimum absolute atomic E-state index is 0.627. The zero-order valence-electron chi connectivity index (χ0n) is 5.02. The molecule has 0 saturated heterocycles. The summed E-state index contributed by atoms with van der Waals surface area (Å²) in [6.45, 7) is 4.38. The predicted octanol–water partition coefficient (Wildman–Crippen LogP) is 1.18. The number of ether oxygens (including phenoxy) is 2. The molecule has 0 heterocycles. The van der Waals surface area contributed by atoms with Crippen LogP contribution in [0.3, 0.4) is 0 Å². The molecule has 7 heavy (non-hydrogen) atoms. The molecule has 0 bridgehead atoms. The van der Waals surface area contributed by atoms with Crippen molar-refractivity contribution < 1.29 is 9.47 Å². The van der Waals surface area contributed by atoms with Gasteiger partial charge in [-0.2, -0.15) is 0 Å². The molecule has 0 spiro atoms. The van der Waals surface area contributed by atoms with Gasteiger partial charge in [-0.15, -0.1) is 0 Å². The molecule has 1 radical (unpaired) electrons. The highest BCUT2D eigenvalue weighted by atomic mass is 16.7. The lowest BCUT2D eigenvalue weighted by Crippen LogP contribution is -1.99. The maximum absolute atomic E-state index is 4.89. The molecule has 43 valence electrons. The molecular formula is C5H11O2. The van der Waals surface area contributed by atoms with Gasteiger partial charge in [0.2, 0.25) is 6.29 Å². The Labute approximate surface area is 44.4 Å². The van der Waals surface area contributed by atoms with Crippen molar-refractivity contribution in [3.8, 4) is 0 Å². The lowest BCUT2D eigenvalue weighted by Gasteiger charge is -2.04. The van der Waals surface area contributed by atoms with Crippen molar-refractivity contribution in [3.05, 3.63) is 6.29 Å². The largest absolute Gasteiger partial charge is 0.349 e. The van der Waals surface area contributed by atoms with Gasteiger partial charge in [0.15, 0.2) is 0 Å². The Bertz CT molecular complexity index is 37.1. The topological polar surface area (TPSA) is 18.5 Å². The van der Waals surface area contributed by atoms with Crippen LogP contribution in [0.4, 0.5) is 0 Å². The number of hydrogen-bond donors (Lipinski definition) is 0. The predicted molar refractivity (Wildman–Crippen MR) is 27.6 cm³/mol. The Balaban J connectivity index is 2.83. The van der Waals surface area contributed by atoms with Gasteiger partial charge >= 0.3 is 0 Å². The van der Waals surface area contributed by atoms with Gasteiger partial charge in [-0.3, -0.25) is 0 Å². The van der Waals surface area contributed by atoms with E-state index in [1.807, 2.05) is 6.92 Å². The van der Waals surface area contributed by atoms with Crippen LogP contribution in [0.5, 0.6) is 0 Å². The first-order chi connectivity index (χ1) is 3.31. The van der Waals surface area contributed by atoms with Crippen molar-refractivity contribution in [1.82, 2.24) is 0 Å². The highest BCUT2D eigenvalue weighted by Gasteiger charge is 1.94. The van der Waals surface area contributed by atoms with Crippen LogP contribution in [0.25, 0.3) is 0 Å². The van der Waals surface area contributed by atoms with Gasteiger partial charge in [0.1, 0.15) is 0 Å². The maximum atomic E-state index is 4.89. The Kier molecular flexibility index (Phi) is 4.04. The first-order valence-electron chi connectivity index (χ1n) is 2.31. The van der Waals surface area contributed by atoms with Crippen LogP contribution in [0.15, 0.2) is 0 Å². The highest BCUT2D eigenvalue weighted by molar-refractivity contribution is 4.49. The minimum atomic E-state index is 0.627. The summed E-state index contributed by atoms with van der Waals surface area (Å²) in [6.07, 6.45) is 0.627. The molecular weight excluding hydrogens is 92.1 g/mol. The van der Waals surface area contributed by atoms with Crippen molar-refractivity contribution in [2.75, 3.05) is 13.7 Å². The summed E-state index contributed by atoms with van der Waals surface area (Å²) in [5.41, 5.74) is 0. The summed E-state index contributed by atoms with van der Waals surface area (Å²) in [5.74, 6) is 0. The van der Waals surface area contributed by atoms with E-state index in [-0.39, 0.29) is 0 Å². The van der Waals surface area contributed by atoms with Crippen molar-refractivity contribution in [1.29, 1.82) is 0 Å². The summed E-state index contributed by atoms with van der Waals surface area (Å²) < 4.78 is 9.57. The molecule has 0 fully saturated rings. The van der Waals surface area contributed by atoms with Gasteiger partial charge in [-0.1, -0.05) is 0 Å². The van der Waals surface area contributed by atoms with Gasteiger partial charge < -0.3 is 9.47 Å². The fourth-order valence-corrected chi connectivity index (χ4v) is 0.262. The Morgan fingerprint density at radius 3 is 2.29 bits per heavy atom. The summed E-state index contributed by atoms with van der Waals surface area (Å²) >= 11 is 0. The van der Waals surface area contributed by atoms with Crippen LogP contribution < -0.4 is 0 Å². The third-order valence-electron chi connectivity index (χ3n) is 0.635. The first-order valence-corrected chi connectivity index (χ1v) is 2.31. The smallest absolute Gasteiger partial charge is 0.220 e.